The van der Waals surface area contributed by atoms with Crippen LogP contribution in [-0.4, -0.2) is 51.1 Å². The molecule has 0 aliphatic carbocycles. The first kappa shape index (κ1) is 22.4. The first-order valence-electron chi connectivity index (χ1n) is 9.69. The number of halogens is 2. The summed E-state index contributed by atoms with van der Waals surface area (Å²) in [4.78, 5) is 37.8. The molecule has 2 aromatic heterocycles. The molecule has 3 heterocycles. The monoisotopic (exact) mass is 453 g/mol. The normalized spacial score (nSPS) is 15.3. The van der Waals surface area contributed by atoms with Crippen molar-refractivity contribution in [2.24, 2.45) is 0 Å². The van der Waals surface area contributed by atoms with Gasteiger partial charge in [-0.05, 0) is 19.8 Å². The SMILES string of the molecule is Cc1[nH]c(C(=O)NC2CCN(c3cc(C(=O)O)nc(C(C)(C)C)n3)CC2)c(Cl)c1Cl. The third-order valence-electron chi connectivity index (χ3n) is 5.04. The van der Waals surface area contributed by atoms with E-state index in [4.69, 9.17) is 23.2 Å². The molecule has 0 atom stereocenters. The van der Waals surface area contributed by atoms with Gasteiger partial charge in [-0.2, -0.15) is 0 Å². The van der Waals surface area contributed by atoms with Crippen molar-refractivity contribution in [2.75, 3.05) is 18.0 Å². The van der Waals surface area contributed by atoms with E-state index >= 15 is 0 Å². The first-order valence-corrected chi connectivity index (χ1v) is 10.4. The van der Waals surface area contributed by atoms with Crippen LogP contribution in [0.2, 0.25) is 10.0 Å². The second-order valence-corrected chi connectivity index (χ2v) is 9.23. The van der Waals surface area contributed by atoms with E-state index in [2.05, 4.69) is 20.3 Å². The number of aromatic carboxylic acids is 1. The van der Waals surface area contributed by atoms with Gasteiger partial charge in [-0.25, -0.2) is 14.8 Å². The van der Waals surface area contributed by atoms with E-state index in [0.29, 0.717) is 48.3 Å². The summed E-state index contributed by atoms with van der Waals surface area (Å²) in [6.07, 6.45) is 1.38. The maximum Gasteiger partial charge on any atom is 0.354 e. The summed E-state index contributed by atoms with van der Waals surface area (Å²) < 4.78 is 0. The van der Waals surface area contributed by atoms with Crippen molar-refractivity contribution in [1.29, 1.82) is 0 Å². The van der Waals surface area contributed by atoms with Gasteiger partial charge >= 0.3 is 5.97 Å². The number of aromatic amines is 1. The number of carbonyl (C=O) groups is 2. The molecular weight excluding hydrogens is 429 g/mol. The third kappa shape index (κ3) is 4.70. The van der Waals surface area contributed by atoms with Crippen LogP contribution in [0.5, 0.6) is 0 Å². The minimum Gasteiger partial charge on any atom is -0.477 e. The van der Waals surface area contributed by atoms with Crippen LogP contribution in [0.1, 0.15) is 66.1 Å². The summed E-state index contributed by atoms with van der Waals surface area (Å²) in [6, 6.07) is 1.47. The maximum atomic E-state index is 12.5. The predicted molar refractivity (Wildman–Crippen MR) is 116 cm³/mol. The molecule has 162 valence electrons. The molecule has 3 rings (SSSR count). The van der Waals surface area contributed by atoms with Crippen LogP contribution in [0.25, 0.3) is 0 Å². The van der Waals surface area contributed by atoms with Gasteiger partial charge in [0.05, 0.1) is 10.0 Å². The molecule has 0 radical (unpaired) electrons. The highest BCUT2D eigenvalue weighted by atomic mass is 35.5. The molecule has 8 nitrogen and oxygen atoms in total. The Morgan fingerprint density at radius 2 is 1.83 bits per heavy atom. The van der Waals surface area contributed by atoms with E-state index in [1.807, 2.05) is 25.7 Å². The number of amides is 1. The lowest BCUT2D eigenvalue weighted by atomic mass is 9.95. The van der Waals surface area contributed by atoms with E-state index < -0.39 is 5.97 Å². The first-order chi connectivity index (χ1) is 14.0. The molecule has 10 heteroatoms. The van der Waals surface area contributed by atoms with Crippen LogP contribution in [0.4, 0.5) is 5.82 Å². The number of carboxylic acids is 1. The average Bonchev–Trinajstić information content (AvgIpc) is 2.95. The van der Waals surface area contributed by atoms with Gasteiger partial charge in [-0.3, -0.25) is 4.79 Å². The minimum atomic E-state index is -1.08. The fourth-order valence-corrected chi connectivity index (χ4v) is 3.70. The minimum absolute atomic E-state index is 0.0195. The van der Waals surface area contributed by atoms with Crippen molar-refractivity contribution in [3.8, 4) is 0 Å². The Labute approximate surface area is 185 Å². The fourth-order valence-electron chi connectivity index (χ4n) is 3.28. The van der Waals surface area contributed by atoms with Crippen LogP contribution >= 0.6 is 23.2 Å². The number of H-pyrrole nitrogens is 1. The zero-order valence-electron chi connectivity index (χ0n) is 17.3. The number of hydrogen-bond donors (Lipinski definition) is 3. The Bertz CT molecular complexity index is 976. The highest BCUT2D eigenvalue weighted by Gasteiger charge is 2.27. The third-order valence-corrected chi connectivity index (χ3v) is 5.98. The molecule has 0 bridgehead atoms. The molecule has 30 heavy (non-hydrogen) atoms. The van der Waals surface area contributed by atoms with Gasteiger partial charge in [0, 0.05) is 36.3 Å². The molecule has 1 aliphatic rings. The van der Waals surface area contributed by atoms with Crippen LogP contribution in [0.15, 0.2) is 6.07 Å². The van der Waals surface area contributed by atoms with E-state index in [9.17, 15) is 14.7 Å². The van der Waals surface area contributed by atoms with Crippen molar-refractivity contribution >= 4 is 40.9 Å². The van der Waals surface area contributed by atoms with E-state index in [1.165, 1.54) is 6.07 Å². The van der Waals surface area contributed by atoms with Gasteiger partial charge in [-0.15, -0.1) is 0 Å². The second-order valence-electron chi connectivity index (χ2n) is 8.48. The molecule has 2 aromatic rings. The molecule has 1 saturated heterocycles. The molecule has 1 amide bonds. The highest BCUT2D eigenvalue weighted by Crippen LogP contribution is 2.29. The average molecular weight is 454 g/mol. The van der Waals surface area contributed by atoms with E-state index in [0.717, 1.165) is 0 Å². The molecule has 0 unspecified atom stereocenters. The Morgan fingerprint density at radius 1 is 1.20 bits per heavy atom. The maximum absolute atomic E-state index is 12.5. The largest absolute Gasteiger partial charge is 0.477 e. The Kier molecular flexibility index (Phi) is 6.29. The number of rotatable bonds is 4. The topological polar surface area (TPSA) is 111 Å². The summed E-state index contributed by atoms with van der Waals surface area (Å²) >= 11 is 12.2. The second kappa shape index (κ2) is 8.43. The summed E-state index contributed by atoms with van der Waals surface area (Å²) in [6.45, 7) is 8.84. The van der Waals surface area contributed by atoms with Gasteiger partial charge < -0.3 is 20.3 Å². The number of aryl methyl sites for hydroxylation is 1. The zero-order chi connectivity index (χ0) is 22.2. The Morgan fingerprint density at radius 3 is 2.33 bits per heavy atom. The Balaban J connectivity index is 1.69. The number of anilines is 1. The summed E-state index contributed by atoms with van der Waals surface area (Å²) in [5.41, 5.74) is 0.517. The highest BCUT2D eigenvalue weighted by molar-refractivity contribution is 6.44. The number of carbonyl (C=O) groups excluding carboxylic acids is 1. The molecule has 3 N–H and O–H groups in total. The van der Waals surface area contributed by atoms with Gasteiger partial charge in [0.25, 0.3) is 5.91 Å². The predicted octanol–water partition coefficient (Wildman–Crippen LogP) is 3.81. The summed E-state index contributed by atoms with van der Waals surface area (Å²) in [5, 5.41) is 13.0. The smallest absolute Gasteiger partial charge is 0.354 e. The van der Waals surface area contributed by atoms with E-state index in [-0.39, 0.29) is 33.8 Å². The van der Waals surface area contributed by atoms with E-state index in [1.54, 1.807) is 6.92 Å². The number of aromatic nitrogens is 3. The van der Waals surface area contributed by atoms with Gasteiger partial charge in [0.15, 0.2) is 5.69 Å². The number of nitrogens with one attached hydrogen (secondary N) is 2. The van der Waals surface area contributed by atoms with Crippen molar-refractivity contribution in [1.82, 2.24) is 20.3 Å². The quantitative estimate of drug-likeness (QED) is 0.648. The summed E-state index contributed by atoms with van der Waals surface area (Å²) in [5.74, 6) is -0.296. The summed E-state index contributed by atoms with van der Waals surface area (Å²) in [7, 11) is 0. The Hall–Kier alpha value is -2.32. The molecular formula is C20H25Cl2N5O3. The lowest BCUT2D eigenvalue weighted by Crippen LogP contribution is -2.45. The number of piperidine rings is 1. The van der Waals surface area contributed by atoms with Crippen LogP contribution in [-0.2, 0) is 5.41 Å². The van der Waals surface area contributed by atoms with Crippen molar-refractivity contribution in [3.05, 3.63) is 39.0 Å². The standard InChI is InChI=1S/C20H25Cl2N5O3/c1-10-14(21)15(22)16(23-10)17(28)24-11-5-7-27(8-6-11)13-9-12(18(29)30)25-19(26-13)20(2,3)4/h9,11,23H,5-8H2,1-4H3,(H,24,28)(H,29,30). The lowest BCUT2D eigenvalue weighted by Gasteiger charge is -2.33. The van der Waals surface area contributed by atoms with Gasteiger partial charge in [0.1, 0.15) is 17.3 Å². The van der Waals surface area contributed by atoms with Crippen molar-refractivity contribution in [3.63, 3.8) is 0 Å². The molecule has 1 aliphatic heterocycles. The molecule has 0 spiro atoms. The van der Waals surface area contributed by atoms with Crippen LogP contribution in [0.3, 0.4) is 0 Å². The molecule has 1 fully saturated rings. The molecule has 0 saturated carbocycles. The number of hydrogen-bond acceptors (Lipinski definition) is 5. The van der Waals surface area contributed by atoms with Crippen LogP contribution in [0, 0.1) is 6.92 Å². The number of nitrogens with zero attached hydrogens (tertiary/aromatic N) is 3. The molecule has 0 aromatic carbocycles. The van der Waals surface area contributed by atoms with Crippen molar-refractivity contribution in [2.45, 2.75) is 52.0 Å². The van der Waals surface area contributed by atoms with Gasteiger partial charge in [-0.1, -0.05) is 44.0 Å². The fraction of sp³-hybridized carbons (Fsp3) is 0.500. The van der Waals surface area contributed by atoms with Gasteiger partial charge in [0.2, 0.25) is 0 Å². The van der Waals surface area contributed by atoms with Crippen LogP contribution < -0.4 is 10.2 Å². The lowest BCUT2D eigenvalue weighted by molar-refractivity contribution is 0.0689. The zero-order valence-corrected chi connectivity index (χ0v) is 18.9. The number of carboxylic acid groups (broad SMARTS) is 1. The van der Waals surface area contributed by atoms with Crippen molar-refractivity contribution < 1.29 is 14.7 Å².